The zero-order valence-electron chi connectivity index (χ0n) is 17.2. The summed E-state index contributed by atoms with van der Waals surface area (Å²) in [5, 5.41) is 16.2. The second-order valence-corrected chi connectivity index (χ2v) is 7.08. The van der Waals surface area contributed by atoms with Gasteiger partial charge in [-0.3, -0.25) is 19.7 Å². The van der Waals surface area contributed by atoms with Crippen molar-refractivity contribution < 1.29 is 23.6 Å². The molecule has 0 spiro atoms. The molecule has 0 fully saturated rings. The van der Waals surface area contributed by atoms with Crippen LogP contribution < -0.4 is 15.4 Å². The van der Waals surface area contributed by atoms with Crippen LogP contribution in [0.5, 0.6) is 5.75 Å². The quantitative estimate of drug-likeness (QED) is 0.293. The molecule has 168 valence electrons. The summed E-state index contributed by atoms with van der Waals surface area (Å²) in [6, 6.07) is 14.9. The number of anilines is 1. The van der Waals surface area contributed by atoms with Crippen LogP contribution in [-0.2, 0) is 4.79 Å². The molecule has 0 aliphatic heterocycles. The van der Waals surface area contributed by atoms with Crippen LogP contribution in [0, 0.1) is 15.9 Å². The summed E-state index contributed by atoms with van der Waals surface area (Å²) in [4.78, 5) is 36.2. The van der Waals surface area contributed by atoms with Gasteiger partial charge in [0, 0.05) is 17.8 Å². The second-order valence-electron chi connectivity index (χ2n) is 6.67. The third-order valence-corrected chi connectivity index (χ3v) is 4.72. The lowest BCUT2D eigenvalue weighted by Crippen LogP contribution is -2.31. The van der Waals surface area contributed by atoms with Crippen LogP contribution in [0.25, 0.3) is 6.08 Å². The Kier molecular flexibility index (Phi) is 7.37. The molecular weight excluding hydrogens is 453 g/mol. The number of carbonyl (C=O) groups is 2. The van der Waals surface area contributed by atoms with E-state index >= 15 is 0 Å². The van der Waals surface area contributed by atoms with Gasteiger partial charge < -0.3 is 15.4 Å². The summed E-state index contributed by atoms with van der Waals surface area (Å²) in [7, 11) is 1.45. The van der Waals surface area contributed by atoms with Crippen LogP contribution in [0.1, 0.15) is 15.9 Å². The standard InChI is InChI=1S/C23H17ClFN3O5/c1-33-18-9-10-19(20(24)13-18)22(29)27-21(12-14-3-2-4-17(11-14)28(31)32)23(30)26-16-7-5-15(25)6-8-16/h2-13H,1H3,(H,26,30)(H,27,29). The summed E-state index contributed by atoms with van der Waals surface area (Å²) < 4.78 is 18.2. The SMILES string of the molecule is COc1ccc(C(=O)NC(=Cc2cccc([N+](=O)[O-])c2)C(=O)Nc2ccc(F)cc2)c(Cl)c1. The minimum Gasteiger partial charge on any atom is -0.497 e. The van der Waals surface area contributed by atoms with Gasteiger partial charge in [-0.2, -0.15) is 0 Å². The van der Waals surface area contributed by atoms with Crippen LogP contribution in [0.3, 0.4) is 0 Å². The van der Waals surface area contributed by atoms with Crippen molar-refractivity contribution in [3.05, 3.63) is 105 Å². The van der Waals surface area contributed by atoms with Gasteiger partial charge in [0.1, 0.15) is 17.3 Å². The Morgan fingerprint density at radius 3 is 2.45 bits per heavy atom. The largest absolute Gasteiger partial charge is 0.497 e. The number of benzene rings is 3. The van der Waals surface area contributed by atoms with Crippen LogP contribution >= 0.6 is 11.6 Å². The van der Waals surface area contributed by atoms with Crippen molar-refractivity contribution in [3.8, 4) is 5.75 Å². The Balaban J connectivity index is 1.94. The first-order chi connectivity index (χ1) is 15.8. The van der Waals surface area contributed by atoms with E-state index in [0.717, 1.165) is 12.1 Å². The van der Waals surface area contributed by atoms with Gasteiger partial charge in [-0.05, 0) is 54.1 Å². The lowest BCUT2D eigenvalue weighted by Gasteiger charge is -2.12. The van der Waals surface area contributed by atoms with Crippen LogP contribution in [-0.4, -0.2) is 23.8 Å². The highest BCUT2D eigenvalue weighted by molar-refractivity contribution is 6.34. The minimum absolute atomic E-state index is 0.0805. The minimum atomic E-state index is -0.730. The maximum Gasteiger partial charge on any atom is 0.272 e. The highest BCUT2D eigenvalue weighted by Crippen LogP contribution is 2.23. The molecule has 2 amide bonds. The van der Waals surface area contributed by atoms with Gasteiger partial charge in [0.25, 0.3) is 17.5 Å². The molecule has 0 saturated heterocycles. The molecule has 33 heavy (non-hydrogen) atoms. The van der Waals surface area contributed by atoms with Crippen molar-refractivity contribution in [2.24, 2.45) is 0 Å². The molecule has 10 heteroatoms. The highest BCUT2D eigenvalue weighted by Gasteiger charge is 2.18. The fraction of sp³-hybridized carbons (Fsp3) is 0.0435. The van der Waals surface area contributed by atoms with E-state index in [9.17, 15) is 24.1 Å². The Bertz CT molecular complexity index is 1250. The average Bonchev–Trinajstić information content (AvgIpc) is 2.80. The number of rotatable bonds is 7. The molecule has 3 aromatic rings. The molecule has 0 aliphatic carbocycles. The maximum atomic E-state index is 13.2. The van der Waals surface area contributed by atoms with Crippen molar-refractivity contribution in [3.63, 3.8) is 0 Å². The summed E-state index contributed by atoms with van der Waals surface area (Å²) in [5.74, 6) is -1.46. The smallest absolute Gasteiger partial charge is 0.272 e. The summed E-state index contributed by atoms with van der Waals surface area (Å²) in [5.41, 5.74) is 0.262. The maximum absolute atomic E-state index is 13.2. The van der Waals surface area contributed by atoms with Crippen molar-refractivity contribution >= 4 is 40.9 Å². The van der Waals surface area contributed by atoms with E-state index in [4.69, 9.17) is 16.3 Å². The zero-order valence-corrected chi connectivity index (χ0v) is 17.9. The van der Waals surface area contributed by atoms with Gasteiger partial charge in [0.05, 0.1) is 22.6 Å². The molecule has 0 atom stereocenters. The number of non-ortho nitro benzene ring substituents is 1. The van der Waals surface area contributed by atoms with Crippen LogP contribution in [0.4, 0.5) is 15.8 Å². The van der Waals surface area contributed by atoms with E-state index in [1.807, 2.05) is 0 Å². The number of hydrogen-bond acceptors (Lipinski definition) is 5. The average molecular weight is 470 g/mol. The molecule has 0 bridgehead atoms. The first-order valence-corrected chi connectivity index (χ1v) is 9.82. The van der Waals surface area contributed by atoms with Crippen molar-refractivity contribution in [1.82, 2.24) is 5.32 Å². The predicted molar refractivity (Wildman–Crippen MR) is 122 cm³/mol. The number of halogens is 2. The van der Waals surface area contributed by atoms with E-state index < -0.39 is 22.6 Å². The number of nitrogens with zero attached hydrogens (tertiary/aromatic N) is 1. The van der Waals surface area contributed by atoms with E-state index in [1.54, 1.807) is 0 Å². The fourth-order valence-corrected chi connectivity index (χ4v) is 3.04. The van der Waals surface area contributed by atoms with Gasteiger partial charge >= 0.3 is 0 Å². The third kappa shape index (κ3) is 6.14. The van der Waals surface area contributed by atoms with Gasteiger partial charge in [0.15, 0.2) is 0 Å². The number of ether oxygens (including phenoxy) is 1. The number of carbonyl (C=O) groups excluding carboxylic acids is 2. The van der Waals surface area contributed by atoms with Gasteiger partial charge in [0.2, 0.25) is 0 Å². The van der Waals surface area contributed by atoms with Gasteiger partial charge in [-0.25, -0.2) is 4.39 Å². The van der Waals surface area contributed by atoms with Crippen molar-refractivity contribution in [1.29, 1.82) is 0 Å². The molecule has 3 rings (SSSR count). The molecule has 8 nitrogen and oxygen atoms in total. The first-order valence-electron chi connectivity index (χ1n) is 9.45. The number of nitro groups is 1. The molecule has 0 heterocycles. The van der Waals surface area contributed by atoms with Gasteiger partial charge in [-0.15, -0.1) is 0 Å². The van der Waals surface area contributed by atoms with E-state index in [2.05, 4.69) is 10.6 Å². The Hall–Kier alpha value is -4.24. The Morgan fingerprint density at radius 2 is 1.82 bits per heavy atom. The first kappa shape index (κ1) is 23.4. The normalized spacial score (nSPS) is 10.9. The number of amides is 2. The van der Waals surface area contributed by atoms with E-state index in [-0.39, 0.29) is 27.7 Å². The molecule has 2 N–H and O–H groups in total. The molecule has 0 saturated carbocycles. The van der Waals surface area contributed by atoms with Crippen molar-refractivity contribution in [2.45, 2.75) is 0 Å². The predicted octanol–water partition coefficient (Wildman–Crippen LogP) is 4.81. The van der Waals surface area contributed by atoms with Crippen molar-refractivity contribution in [2.75, 3.05) is 12.4 Å². The monoisotopic (exact) mass is 469 g/mol. The lowest BCUT2D eigenvalue weighted by molar-refractivity contribution is -0.384. The summed E-state index contributed by atoms with van der Waals surface area (Å²) >= 11 is 6.16. The highest BCUT2D eigenvalue weighted by atomic mass is 35.5. The summed E-state index contributed by atoms with van der Waals surface area (Å²) in [6.07, 6.45) is 1.28. The van der Waals surface area contributed by atoms with Gasteiger partial charge in [-0.1, -0.05) is 23.7 Å². The number of hydrogen-bond donors (Lipinski definition) is 2. The molecule has 3 aromatic carbocycles. The Labute approximate surface area is 192 Å². The summed E-state index contributed by atoms with van der Waals surface area (Å²) in [6.45, 7) is 0. The third-order valence-electron chi connectivity index (χ3n) is 4.41. The molecule has 0 aromatic heterocycles. The number of nitrogens with one attached hydrogen (secondary N) is 2. The topological polar surface area (TPSA) is 111 Å². The van der Waals surface area contributed by atoms with E-state index in [1.165, 1.54) is 67.8 Å². The Morgan fingerprint density at radius 1 is 1.09 bits per heavy atom. The lowest BCUT2D eigenvalue weighted by atomic mass is 10.1. The number of nitro benzene ring substituents is 1. The molecular formula is C23H17ClFN3O5. The van der Waals surface area contributed by atoms with Crippen LogP contribution in [0.15, 0.2) is 72.4 Å². The second kappa shape index (κ2) is 10.4. The number of methoxy groups -OCH3 is 1. The molecule has 0 radical (unpaired) electrons. The zero-order chi connectivity index (χ0) is 24.0. The molecule has 0 aliphatic rings. The molecule has 0 unspecified atom stereocenters. The van der Waals surface area contributed by atoms with Crippen LogP contribution in [0.2, 0.25) is 5.02 Å². The fourth-order valence-electron chi connectivity index (χ4n) is 2.78. The van der Waals surface area contributed by atoms with E-state index in [0.29, 0.717) is 11.3 Å².